The number of carboxylic acids is 1. The van der Waals surface area contributed by atoms with E-state index in [1.54, 1.807) is 7.11 Å². The Bertz CT molecular complexity index is 1140. The van der Waals surface area contributed by atoms with Crippen LogP contribution in [0.3, 0.4) is 0 Å². The summed E-state index contributed by atoms with van der Waals surface area (Å²) in [6.45, 7) is 9.70. The fourth-order valence-corrected chi connectivity index (χ4v) is 3.92. The summed E-state index contributed by atoms with van der Waals surface area (Å²) in [4.78, 5) is 30.5. The number of benzene rings is 1. The topological polar surface area (TPSA) is 102 Å². The average Bonchev–Trinajstić information content (AvgIpc) is 3.34. The van der Waals surface area contributed by atoms with Gasteiger partial charge in [0.2, 0.25) is 0 Å². The number of rotatable bonds is 6. The van der Waals surface area contributed by atoms with Crippen LogP contribution in [-0.2, 0) is 6.54 Å². The fraction of sp³-hybridized carbons (Fsp3) is 0.440. The molecule has 0 aliphatic carbocycles. The number of hydrogen-bond donors (Lipinski definition) is 3. The number of carbonyl (C=O) groups is 1. The Morgan fingerprint density at radius 3 is 2.31 bits per heavy atom. The van der Waals surface area contributed by atoms with Gasteiger partial charge in [0.05, 0.1) is 13.7 Å². The molecule has 0 bridgehead atoms. The van der Waals surface area contributed by atoms with E-state index in [9.17, 15) is 18.4 Å². The molecule has 10 heteroatoms. The lowest BCUT2D eigenvalue weighted by molar-refractivity contribution is 0.0542. The van der Waals surface area contributed by atoms with Crippen LogP contribution in [-0.4, -0.2) is 77.1 Å². The first-order valence-corrected chi connectivity index (χ1v) is 11.6. The molecule has 2 aromatic heterocycles. The van der Waals surface area contributed by atoms with Gasteiger partial charge in [-0.15, -0.1) is 0 Å². The third kappa shape index (κ3) is 7.63. The van der Waals surface area contributed by atoms with Crippen LogP contribution in [0.25, 0.3) is 10.9 Å². The first-order valence-electron chi connectivity index (χ1n) is 11.6. The van der Waals surface area contributed by atoms with Crippen molar-refractivity contribution in [1.29, 1.82) is 0 Å². The van der Waals surface area contributed by atoms with Crippen LogP contribution in [0.2, 0.25) is 0 Å². The molecule has 0 saturated carbocycles. The summed E-state index contributed by atoms with van der Waals surface area (Å²) in [5.41, 5.74) is 2.65. The lowest BCUT2D eigenvalue weighted by Crippen LogP contribution is -2.47. The lowest BCUT2D eigenvalue weighted by atomic mass is 10.0. The molecule has 0 unspecified atom stereocenters. The van der Waals surface area contributed by atoms with E-state index in [-0.39, 0.29) is 12.1 Å². The molecule has 1 aliphatic rings. The van der Waals surface area contributed by atoms with E-state index >= 15 is 0 Å². The number of nitrogens with one attached hydrogen (secondary N) is 2. The Balaban J connectivity index is 0.000000302. The van der Waals surface area contributed by atoms with Crippen LogP contribution in [0.15, 0.2) is 41.5 Å². The van der Waals surface area contributed by atoms with E-state index in [0.717, 1.165) is 42.0 Å². The average molecular weight is 493 g/mol. The number of piperazine rings is 1. The van der Waals surface area contributed by atoms with Gasteiger partial charge in [0.1, 0.15) is 11.3 Å². The summed E-state index contributed by atoms with van der Waals surface area (Å²) in [6.07, 6.45) is 1.08. The Hall–Kier alpha value is -3.24. The number of methoxy groups -OCH3 is 1. The van der Waals surface area contributed by atoms with E-state index in [2.05, 4.69) is 33.9 Å². The largest absolute Gasteiger partial charge is 0.496 e. The number of hydrogen-bond acceptors (Lipinski definition) is 5. The van der Waals surface area contributed by atoms with Crippen LogP contribution in [0.5, 0.6) is 5.75 Å². The summed E-state index contributed by atoms with van der Waals surface area (Å²) >= 11 is 0. The van der Waals surface area contributed by atoms with Crippen molar-refractivity contribution in [2.24, 2.45) is 0 Å². The van der Waals surface area contributed by atoms with Crippen molar-refractivity contribution >= 4 is 16.9 Å². The molecule has 3 heterocycles. The zero-order chi connectivity index (χ0) is 26.0. The highest BCUT2D eigenvalue weighted by atomic mass is 19.3. The number of ether oxygens (including phenoxy) is 1. The molecule has 1 aromatic carbocycles. The molecule has 0 atom stereocenters. The maximum Gasteiger partial charge on any atom is 0.341 e. The lowest BCUT2D eigenvalue weighted by Gasteiger charge is -2.34. The summed E-state index contributed by atoms with van der Waals surface area (Å²) in [6, 6.07) is 6.85. The highest BCUT2D eigenvalue weighted by Gasteiger charge is 2.22. The molecular weight excluding hydrogens is 458 g/mol. The van der Waals surface area contributed by atoms with Gasteiger partial charge in [-0.3, -0.25) is 14.6 Å². The summed E-state index contributed by atoms with van der Waals surface area (Å²) in [5, 5.41) is 9.52. The number of nitrogens with zero attached hydrogens (tertiary/aromatic N) is 2. The summed E-state index contributed by atoms with van der Waals surface area (Å²) < 4.78 is 30.5. The number of aromatic nitrogens is 2. The van der Waals surface area contributed by atoms with E-state index in [4.69, 9.17) is 9.84 Å². The maximum atomic E-state index is 12.5. The molecule has 4 rings (SSSR count). The molecule has 1 saturated heterocycles. The standard InChI is InChI=1S/C17H23F2N3O.C6H5NO3.C2H6/c1-12-9-15(23-2)14(13-3-4-20-17(12)13)10-21-5-7-22(8-6-21)11-16(18)19;8-5-4(6(9)10)2-1-3-7-5;1-2/h3-4,9,16,20H,5-8,10-11H2,1-2H3;1-3H,(H,7,8)(H,9,10);1-2H3. The van der Waals surface area contributed by atoms with Crippen molar-refractivity contribution in [1.82, 2.24) is 19.8 Å². The van der Waals surface area contributed by atoms with Gasteiger partial charge < -0.3 is 19.8 Å². The number of pyridine rings is 1. The number of aromatic carboxylic acids is 1. The second-order valence-electron chi connectivity index (χ2n) is 7.83. The highest BCUT2D eigenvalue weighted by Crippen LogP contribution is 2.31. The Morgan fingerprint density at radius 2 is 1.77 bits per heavy atom. The summed E-state index contributed by atoms with van der Waals surface area (Å²) in [5.74, 6) is -0.313. The minimum Gasteiger partial charge on any atom is -0.496 e. The van der Waals surface area contributed by atoms with Crippen molar-refractivity contribution in [3.8, 4) is 5.75 Å². The normalized spacial score (nSPS) is 14.1. The van der Waals surface area contributed by atoms with Gasteiger partial charge in [-0.05, 0) is 36.8 Å². The number of fused-ring (bicyclic) bond motifs is 1. The quantitative estimate of drug-likeness (QED) is 0.481. The smallest absolute Gasteiger partial charge is 0.341 e. The third-order valence-electron chi connectivity index (χ3n) is 5.62. The van der Waals surface area contributed by atoms with Crippen LogP contribution in [0.4, 0.5) is 8.78 Å². The molecule has 1 fully saturated rings. The van der Waals surface area contributed by atoms with Crippen molar-refractivity contribution in [3.63, 3.8) is 0 Å². The molecule has 0 amide bonds. The van der Waals surface area contributed by atoms with Gasteiger partial charge in [-0.25, -0.2) is 13.6 Å². The molecule has 35 heavy (non-hydrogen) atoms. The molecular formula is C25H34F2N4O4. The van der Waals surface area contributed by atoms with Crippen LogP contribution in [0.1, 0.15) is 35.3 Å². The number of carboxylic acid groups (broad SMARTS) is 1. The second kappa shape index (κ2) is 13.6. The molecule has 0 spiro atoms. The number of H-pyrrole nitrogens is 2. The number of aromatic amines is 2. The monoisotopic (exact) mass is 492 g/mol. The van der Waals surface area contributed by atoms with Crippen molar-refractivity contribution in [3.05, 3.63) is 63.7 Å². The van der Waals surface area contributed by atoms with Crippen molar-refractivity contribution in [2.75, 3.05) is 39.8 Å². The molecule has 1 aliphatic heterocycles. The van der Waals surface area contributed by atoms with Crippen LogP contribution in [0, 0.1) is 6.92 Å². The van der Waals surface area contributed by atoms with Gasteiger partial charge in [-0.1, -0.05) is 13.8 Å². The highest BCUT2D eigenvalue weighted by molar-refractivity contribution is 5.88. The predicted octanol–water partition coefficient (Wildman–Crippen LogP) is 3.97. The van der Waals surface area contributed by atoms with Gasteiger partial charge in [0, 0.05) is 61.6 Å². The molecule has 8 nitrogen and oxygen atoms in total. The SMILES string of the molecule is CC.COc1cc(C)c2[nH]ccc2c1CN1CCN(CC(F)F)CC1.O=C(O)c1ccc[nH]c1=O. The van der Waals surface area contributed by atoms with Crippen LogP contribution >= 0.6 is 0 Å². The van der Waals surface area contributed by atoms with E-state index < -0.39 is 18.0 Å². The zero-order valence-electron chi connectivity index (χ0n) is 20.6. The van der Waals surface area contributed by atoms with Crippen molar-refractivity contribution in [2.45, 2.75) is 33.7 Å². The second-order valence-corrected chi connectivity index (χ2v) is 7.83. The maximum absolute atomic E-state index is 12.5. The van der Waals surface area contributed by atoms with Gasteiger partial charge in [0.15, 0.2) is 0 Å². The van der Waals surface area contributed by atoms with Gasteiger partial charge >= 0.3 is 5.97 Å². The third-order valence-corrected chi connectivity index (χ3v) is 5.62. The molecule has 192 valence electrons. The molecule has 3 aromatic rings. The number of alkyl halides is 2. The van der Waals surface area contributed by atoms with Crippen molar-refractivity contribution < 1.29 is 23.4 Å². The van der Waals surface area contributed by atoms with Crippen LogP contribution < -0.4 is 10.3 Å². The van der Waals surface area contributed by atoms with Gasteiger partial charge in [0.25, 0.3) is 12.0 Å². The molecule has 3 N–H and O–H groups in total. The van der Waals surface area contributed by atoms with E-state index in [1.165, 1.54) is 23.7 Å². The first kappa shape index (κ1) is 28.0. The number of halogens is 2. The Labute approximate surface area is 203 Å². The van der Waals surface area contributed by atoms with Gasteiger partial charge in [-0.2, -0.15) is 0 Å². The number of aryl methyl sites for hydroxylation is 1. The Morgan fingerprint density at radius 1 is 1.11 bits per heavy atom. The predicted molar refractivity (Wildman–Crippen MR) is 133 cm³/mol. The minimum absolute atomic E-state index is 0.121. The first-order chi connectivity index (χ1) is 16.8. The van der Waals surface area contributed by atoms with E-state index in [1.807, 2.05) is 24.9 Å². The summed E-state index contributed by atoms with van der Waals surface area (Å²) in [7, 11) is 1.69. The minimum atomic E-state index is -2.25. The molecule has 0 radical (unpaired) electrons. The Kier molecular flexibility index (Phi) is 10.9. The fourth-order valence-electron chi connectivity index (χ4n) is 3.92. The van der Waals surface area contributed by atoms with E-state index in [0.29, 0.717) is 13.1 Å². The zero-order valence-corrected chi connectivity index (χ0v) is 20.6.